The Labute approximate surface area is 147 Å². The third-order valence-electron chi connectivity index (χ3n) is 5.72. The third kappa shape index (κ3) is 3.51. The van der Waals surface area contributed by atoms with Gasteiger partial charge in [-0.25, -0.2) is 0 Å². The van der Waals surface area contributed by atoms with Gasteiger partial charge in [0.15, 0.2) is 0 Å². The number of likely N-dealkylation sites (N-methyl/N-ethyl adjacent to an activating group) is 1. The Morgan fingerprint density at radius 2 is 2.00 bits per heavy atom. The van der Waals surface area contributed by atoms with Crippen LogP contribution in [0.1, 0.15) is 68.9 Å². The fourth-order valence-corrected chi connectivity index (χ4v) is 4.41. The summed E-state index contributed by atoms with van der Waals surface area (Å²) in [5.41, 5.74) is 3.88. The summed E-state index contributed by atoms with van der Waals surface area (Å²) in [6.07, 6.45) is 7.82. The van der Waals surface area contributed by atoms with Crippen molar-refractivity contribution in [3.63, 3.8) is 0 Å². The Kier molecular flexibility index (Phi) is 5.60. The average molecular weight is 329 g/mol. The van der Waals surface area contributed by atoms with E-state index in [1.165, 1.54) is 42.5 Å². The van der Waals surface area contributed by atoms with Gasteiger partial charge in [-0.1, -0.05) is 50.3 Å². The van der Waals surface area contributed by atoms with Crippen LogP contribution in [-0.2, 0) is 4.79 Å². The van der Waals surface area contributed by atoms with Crippen molar-refractivity contribution in [1.29, 1.82) is 0 Å². The summed E-state index contributed by atoms with van der Waals surface area (Å²) < 4.78 is 0. The minimum atomic E-state index is 0.341. The Morgan fingerprint density at radius 3 is 2.79 bits per heavy atom. The van der Waals surface area contributed by atoms with Crippen LogP contribution >= 0.6 is 0 Å². The summed E-state index contributed by atoms with van der Waals surface area (Å²) in [7, 11) is 2.20. The Balaban J connectivity index is 1.74. The number of amides is 1. The van der Waals surface area contributed by atoms with Crippen LogP contribution in [0.2, 0.25) is 0 Å². The highest BCUT2D eigenvalue weighted by Crippen LogP contribution is 2.45. The molecule has 2 aliphatic heterocycles. The average Bonchev–Trinajstić information content (AvgIpc) is 2.87. The number of rotatable bonds is 6. The van der Waals surface area contributed by atoms with Crippen LogP contribution in [0, 0.1) is 6.92 Å². The molecule has 3 nitrogen and oxygen atoms in total. The van der Waals surface area contributed by atoms with Crippen molar-refractivity contribution in [2.75, 3.05) is 25.0 Å². The Hall–Kier alpha value is -1.35. The summed E-state index contributed by atoms with van der Waals surface area (Å²) >= 11 is 0. The first-order chi connectivity index (χ1) is 11.6. The van der Waals surface area contributed by atoms with Gasteiger partial charge in [0, 0.05) is 30.6 Å². The number of carbonyl (C=O) groups is 1. The molecule has 1 aromatic carbocycles. The van der Waals surface area contributed by atoms with E-state index >= 15 is 0 Å². The molecule has 0 N–H and O–H groups in total. The molecule has 1 aromatic rings. The largest absolute Gasteiger partial charge is 0.308 e. The summed E-state index contributed by atoms with van der Waals surface area (Å²) in [5, 5.41) is 0. The number of nitrogens with zero attached hydrogens (tertiary/aromatic N) is 2. The monoisotopic (exact) mass is 328 g/mol. The van der Waals surface area contributed by atoms with E-state index in [0.717, 1.165) is 25.9 Å². The molecule has 0 radical (unpaired) electrons. The number of piperidine rings is 1. The molecule has 3 rings (SSSR count). The minimum Gasteiger partial charge on any atom is -0.308 e. The fourth-order valence-electron chi connectivity index (χ4n) is 4.41. The van der Waals surface area contributed by atoms with Crippen LogP contribution < -0.4 is 4.90 Å². The standard InChI is InChI=1S/C21H32N2O/c1-4-5-6-7-8-9-21(24)23-19-11-10-16(2)14-17(19)18-15-22(3)13-12-20(18)23/h10-11,14,18,20H,4-9,12-13,15H2,1-3H3. The zero-order chi connectivity index (χ0) is 17.1. The first-order valence-electron chi connectivity index (χ1n) is 9.73. The van der Waals surface area contributed by atoms with Gasteiger partial charge < -0.3 is 9.80 Å². The predicted molar refractivity (Wildman–Crippen MR) is 101 cm³/mol. The van der Waals surface area contributed by atoms with Gasteiger partial charge in [-0.15, -0.1) is 0 Å². The normalized spacial score (nSPS) is 23.2. The van der Waals surface area contributed by atoms with Gasteiger partial charge in [-0.05, 0) is 45.0 Å². The van der Waals surface area contributed by atoms with E-state index in [0.29, 0.717) is 24.3 Å². The molecule has 3 heteroatoms. The minimum absolute atomic E-state index is 0.341. The molecular formula is C21H32N2O. The van der Waals surface area contributed by atoms with E-state index in [9.17, 15) is 4.79 Å². The number of likely N-dealkylation sites (tertiary alicyclic amines) is 1. The zero-order valence-electron chi connectivity index (χ0n) is 15.6. The number of carbonyl (C=O) groups excluding carboxylic acids is 1. The van der Waals surface area contributed by atoms with Crippen molar-refractivity contribution in [2.45, 2.75) is 70.8 Å². The van der Waals surface area contributed by atoms with Crippen molar-refractivity contribution < 1.29 is 4.79 Å². The molecule has 2 heterocycles. The molecule has 0 aliphatic carbocycles. The lowest BCUT2D eigenvalue weighted by Gasteiger charge is -2.36. The third-order valence-corrected chi connectivity index (χ3v) is 5.72. The number of unbranched alkanes of at least 4 members (excludes halogenated alkanes) is 4. The van der Waals surface area contributed by atoms with E-state index in [-0.39, 0.29) is 0 Å². The SMILES string of the molecule is CCCCCCCC(=O)N1c2ccc(C)cc2C2CN(C)CCC21. The van der Waals surface area contributed by atoms with E-state index < -0.39 is 0 Å². The van der Waals surface area contributed by atoms with Gasteiger partial charge in [0.1, 0.15) is 0 Å². The van der Waals surface area contributed by atoms with Crippen molar-refractivity contribution >= 4 is 11.6 Å². The molecule has 2 aliphatic rings. The molecule has 0 aromatic heterocycles. The molecule has 0 bridgehead atoms. The zero-order valence-corrected chi connectivity index (χ0v) is 15.6. The molecular weight excluding hydrogens is 296 g/mol. The van der Waals surface area contributed by atoms with Crippen LogP contribution in [0.25, 0.3) is 0 Å². The highest BCUT2D eigenvalue weighted by atomic mass is 16.2. The number of anilines is 1. The maximum absolute atomic E-state index is 13.0. The maximum atomic E-state index is 13.0. The molecule has 1 saturated heterocycles. The first kappa shape index (κ1) is 17.5. The molecule has 24 heavy (non-hydrogen) atoms. The summed E-state index contributed by atoms with van der Waals surface area (Å²) in [6.45, 7) is 6.55. The highest BCUT2D eigenvalue weighted by Gasteiger charge is 2.43. The van der Waals surface area contributed by atoms with Crippen LogP contribution in [0.5, 0.6) is 0 Å². The predicted octanol–water partition coefficient (Wildman–Crippen LogP) is 4.49. The van der Waals surface area contributed by atoms with E-state index in [2.05, 4.69) is 48.9 Å². The van der Waals surface area contributed by atoms with Crippen molar-refractivity contribution in [3.8, 4) is 0 Å². The molecule has 1 amide bonds. The van der Waals surface area contributed by atoms with Crippen LogP contribution in [0.3, 0.4) is 0 Å². The maximum Gasteiger partial charge on any atom is 0.227 e. The number of hydrogen-bond acceptors (Lipinski definition) is 2. The number of hydrogen-bond donors (Lipinski definition) is 0. The van der Waals surface area contributed by atoms with Crippen molar-refractivity contribution in [2.24, 2.45) is 0 Å². The van der Waals surface area contributed by atoms with Crippen molar-refractivity contribution in [3.05, 3.63) is 29.3 Å². The van der Waals surface area contributed by atoms with E-state index in [1.54, 1.807) is 0 Å². The van der Waals surface area contributed by atoms with Gasteiger partial charge in [0.2, 0.25) is 5.91 Å². The van der Waals surface area contributed by atoms with Crippen LogP contribution in [-0.4, -0.2) is 37.0 Å². The number of fused-ring (bicyclic) bond motifs is 3. The van der Waals surface area contributed by atoms with Crippen molar-refractivity contribution in [1.82, 2.24) is 4.90 Å². The van der Waals surface area contributed by atoms with E-state index in [1.807, 2.05) is 0 Å². The summed E-state index contributed by atoms with van der Waals surface area (Å²) in [4.78, 5) is 17.5. The molecule has 132 valence electrons. The van der Waals surface area contributed by atoms with Gasteiger partial charge >= 0.3 is 0 Å². The first-order valence-corrected chi connectivity index (χ1v) is 9.73. The Morgan fingerprint density at radius 1 is 1.21 bits per heavy atom. The lowest BCUT2D eigenvalue weighted by Crippen LogP contribution is -2.47. The lowest BCUT2D eigenvalue weighted by atomic mass is 9.89. The Bertz CT molecular complexity index is 583. The molecule has 2 unspecified atom stereocenters. The topological polar surface area (TPSA) is 23.6 Å². The van der Waals surface area contributed by atoms with Gasteiger partial charge in [-0.3, -0.25) is 4.79 Å². The second-order valence-electron chi connectivity index (χ2n) is 7.71. The second-order valence-corrected chi connectivity index (χ2v) is 7.71. The van der Waals surface area contributed by atoms with Gasteiger partial charge in [0.25, 0.3) is 0 Å². The fraction of sp³-hybridized carbons (Fsp3) is 0.667. The summed E-state index contributed by atoms with van der Waals surface area (Å²) in [5.74, 6) is 0.830. The number of benzene rings is 1. The van der Waals surface area contributed by atoms with E-state index in [4.69, 9.17) is 0 Å². The van der Waals surface area contributed by atoms with Crippen LogP contribution in [0.15, 0.2) is 18.2 Å². The second kappa shape index (κ2) is 7.69. The summed E-state index contributed by atoms with van der Waals surface area (Å²) in [6, 6.07) is 7.02. The smallest absolute Gasteiger partial charge is 0.227 e. The lowest BCUT2D eigenvalue weighted by molar-refractivity contribution is -0.119. The van der Waals surface area contributed by atoms with Gasteiger partial charge in [0.05, 0.1) is 0 Å². The number of aryl methyl sites for hydroxylation is 1. The van der Waals surface area contributed by atoms with Crippen LogP contribution in [0.4, 0.5) is 5.69 Å². The van der Waals surface area contributed by atoms with Gasteiger partial charge in [-0.2, -0.15) is 0 Å². The molecule has 1 fully saturated rings. The molecule has 0 spiro atoms. The molecule has 2 atom stereocenters. The highest BCUT2D eigenvalue weighted by molar-refractivity contribution is 5.96. The quantitative estimate of drug-likeness (QED) is 0.718. The molecule has 0 saturated carbocycles.